The highest BCUT2D eigenvalue weighted by molar-refractivity contribution is 6.30. The SMILES string of the molecule is COC1C[C@@H](C(=O)NCC(F)(F)F)N(c2ccnc(C3CNc4ncc(Cl)cc43)n2)C1. The van der Waals surface area contributed by atoms with Crippen molar-refractivity contribution in [2.45, 2.75) is 30.7 Å². The topological polar surface area (TPSA) is 92.3 Å². The number of aromatic nitrogens is 3. The Morgan fingerprint density at radius 1 is 1.42 bits per heavy atom. The monoisotopic (exact) mass is 456 g/mol. The smallest absolute Gasteiger partial charge is 0.380 e. The second kappa shape index (κ2) is 8.46. The molecule has 4 rings (SSSR count). The van der Waals surface area contributed by atoms with Crippen LogP contribution >= 0.6 is 11.6 Å². The summed E-state index contributed by atoms with van der Waals surface area (Å²) in [5.74, 6) is 0.733. The van der Waals surface area contributed by atoms with Crippen LogP contribution in [0.5, 0.6) is 0 Å². The minimum absolute atomic E-state index is 0.195. The molecule has 2 aliphatic rings. The van der Waals surface area contributed by atoms with Crippen molar-refractivity contribution in [3.05, 3.63) is 40.9 Å². The fourth-order valence-electron chi connectivity index (χ4n) is 3.87. The van der Waals surface area contributed by atoms with E-state index in [0.29, 0.717) is 35.6 Å². The molecule has 0 bridgehead atoms. The minimum Gasteiger partial charge on any atom is -0.380 e. The van der Waals surface area contributed by atoms with Crippen molar-refractivity contribution in [2.75, 3.05) is 37.0 Å². The Morgan fingerprint density at radius 2 is 2.23 bits per heavy atom. The lowest BCUT2D eigenvalue weighted by molar-refractivity contribution is -0.139. The van der Waals surface area contributed by atoms with Crippen LogP contribution in [0.15, 0.2) is 24.5 Å². The van der Waals surface area contributed by atoms with Gasteiger partial charge in [0.15, 0.2) is 0 Å². The van der Waals surface area contributed by atoms with Crippen molar-refractivity contribution in [1.82, 2.24) is 20.3 Å². The predicted octanol–water partition coefficient (Wildman–Crippen LogP) is 2.35. The predicted molar refractivity (Wildman–Crippen MR) is 107 cm³/mol. The highest BCUT2D eigenvalue weighted by Crippen LogP contribution is 2.35. The summed E-state index contributed by atoms with van der Waals surface area (Å²) in [4.78, 5) is 27.4. The van der Waals surface area contributed by atoms with Gasteiger partial charge >= 0.3 is 6.18 Å². The number of hydrogen-bond acceptors (Lipinski definition) is 7. The molecule has 2 aromatic heterocycles. The van der Waals surface area contributed by atoms with Gasteiger partial charge in [0.2, 0.25) is 5.91 Å². The minimum atomic E-state index is -4.49. The van der Waals surface area contributed by atoms with E-state index in [-0.39, 0.29) is 18.4 Å². The van der Waals surface area contributed by atoms with Gasteiger partial charge in [-0.15, -0.1) is 0 Å². The van der Waals surface area contributed by atoms with Gasteiger partial charge in [-0.1, -0.05) is 11.6 Å². The fraction of sp³-hybridized carbons (Fsp3) is 0.474. The number of methoxy groups -OCH3 is 1. The van der Waals surface area contributed by atoms with E-state index in [4.69, 9.17) is 16.3 Å². The van der Waals surface area contributed by atoms with E-state index >= 15 is 0 Å². The molecule has 1 fully saturated rings. The number of hydrogen-bond donors (Lipinski definition) is 2. The Labute approximate surface area is 181 Å². The second-order valence-electron chi connectivity index (χ2n) is 7.39. The average Bonchev–Trinajstić information content (AvgIpc) is 3.35. The van der Waals surface area contributed by atoms with Crippen LogP contribution in [-0.4, -0.2) is 65.9 Å². The Morgan fingerprint density at radius 3 is 2.97 bits per heavy atom. The highest BCUT2D eigenvalue weighted by Gasteiger charge is 2.39. The van der Waals surface area contributed by atoms with E-state index in [2.05, 4.69) is 20.3 Å². The van der Waals surface area contributed by atoms with E-state index in [1.54, 1.807) is 29.4 Å². The molecule has 12 heteroatoms. The maximum absolute atomic E-state index is 12.5. The first-order valence-electron chi connectivity index (χ1n) is 9.61. The van der Waals surface area contributed by atoms with Gasteiger partial charge in [0.25, 0.3) is 0 Å². The molecule has 0 aromatic carbocycles. The number of rotatable bonds is 5. The third-order valence-corrected chi connectivity index (χ3v) is 5.57. The first-order chi connectivity index (χ1) is 14.7. The number of amides is 1. The van der Waals surface area contributed by atoms with E-state index < -0.39 is 24.7 Å². The summed E-state index contributed by atoms with van der Waals surface area (Å²) >= 11 is 6.08. The molecule has 0 aliphatic carbocycles. The lowest BCUT2D eigenvalue weighted by atomic mass is 10.0. The maximum Gasteiger partial charge on any atom is 0.405 e. The Balaban J connectivity index is 1.59. The zero-order valence-corrected chi connectivity index (χ0v) is 17.2. The lowest BCUT2D eigenvalue weighted by Gasteiger charge is -2.25. The largest absolute Gasteiger partial charge is 0.405 e. The molecule has 1 saturated heterocycles. The third-order valence-electron chi connectivity index (χ3n) is 5.36. The molecule has 2 aliphatic heterocycles. The molecule has 8 nitrogen and oxygen atoms in total. The van der Waals surface area contributed by atoms with Crippen LogP contribution in [0.1, 0.15) is 23.7 Å². The number of ether oxygens (including phenoxy) is 1. The van der Waals surface area contributed by atoms with E-state index in [1.165, 1.54) is 7.11 Å². The van der Waals surface area contributed by atoms with Crippen LogP contribution in [0.3, 0.4) is 0 Å². The van der Waals surface area contributed by atoms with Crippen LogP contribution in [0.25, 0.3) is 0 Å². The van der Waals surface area contributed by atoms with Gasteiger partial charge in [-0.2, -0.15) is 13.2 Å². The lowest BCUT2D eigenvalue weighted by Crippen LogP contribution is -2.46. The third kappa shape index (κ3) is 4.67. The molecular weight excluding hydrogens is 437 g/mol. The van der Waals surface area contributed by atoms with Crippen LogP contribution in [-0.2, 0) is 9.53 Å². The number of alkyl halides is 3. The van der Waals surface area contributed by atoms with Crippen LogP contribution in [0.2, 0.25) is 5.02 Å². The summed E-state index contributed by atoms with van der Waals surface area (Å²) in [6, 6.07) is 2.60. The summed E-state index contributed by atoms with van der Waals surface area (Å²) in [7, 11) is 1.50. The molecule has 166 valence electrons. The van der Waals surface area contributed by atoms with E-state index in [1.807, 2.05) is 5.32 Å². The molecule has 2 N–H and O–H groups in total. The maximum atomic E-state index is 12.5. The number of halogens is 4. The summed E-state index contributed by atoms with van der Waals surface area (Å²) in [6.07, 6.45) is -1.42. The molecule has 1 amide bonds. The number of pyridine rings is 1. The zero-order chi connectivity index (χ0) is 22.2. The summed E-state index contributed by atoms with van der Waals surface area (Å²) in [5, 5.41) is 5.64. The van der Waals surface area contributed by atoms with Gasteiger partial charge < -0.3 is 20.3 Å². The molecule has 0 spiro atoms. The van der Waals surface area contributed by atoms with E-state index in [9.17, 15) is 18.0 Å². The first kappa shape index (κ1) is 21.6. The van der Waals surface area contributed by atoms with E-state index in [0.717, 1.165) is 5.56 Å². The quantitative estimate of drug-likeness (QED) is 0.713. The van der Waals surface area contributed by atoms with Crippen LogP contribution < -0.4 is 15.5 Å². The Hall–Kier alpha value is -2.66. The molecule has 2 aromatic rings. The number of carbonyl (C=O) groups excluding carboxylic acids is 1. The number of fused-ring (bicyclic) bond motifs is 1. The zero-order valence-electron chi connectivity index (χ0n) is 16.5. The normalized spacial score (nSPS) is 22.9. The Bertz CT molecular complexity index is 976. The van der Waals surface area contributed by atoms with Gasteiger partial charge in [-0.25, -0.2) is 15.0 Å². The van der Waals surface area contributed by atoms with Crippen LogP contribution in [0.4, 0.5) is 24.8 Å². The van der Waals surface area contributed by atoms with Crippen molar-refractivity contribution < 1.29 is 22.7 Å². The standard InChI is InChI=1S/C19H20ClF3N6O2/c1-31-11-5-14(18(30)27-9-19(21,22)23)29(8-11)15-2-3-24-17(28-15)13-7-26-16-12(13)4-10(20)6-25-16/h2-4,6,11,13-14H,5,7-9H2,1H3,(H,25,26)(H,27,30)/t11?,13?,14-/m0/s1. The van der Waals surface area contributed by atoms with Crippen molar-refractivity contribution in [2.24, 2.45) is 0 Å². The van der Waals surface area contributed by atoms with Gasteiger partial charge in [0.1, 0.15) is 30.0 Å². The number of nitrogens with zero attached hydrogens (tertiary/aromatic N) is 4. The number of carbonyl (C=O) groups is 1. The molecule has 31 heavy (non-hydrogen) atoms. The average molecular weight is 457 g/mol. The van der Waals surface area contributed by atoms with Gasteiger partial charge in [-0.05, 0) is 12.1 Å². The van der Waals surface area contributed by atoms with Crippen molar-refractivity contribution in [1.29, 1.82) is 0 Å². The van der Waals surface area contributed by atoms with Crippen LogP contribution in [0, 0.1) is 0 Å². The van der Waals surface area contributed by atoms with Crippen molar-refractivity contribution >= 4 is 29.1 Å². The van der Waals surface area contributed by atoms with Gasteiger partial charge in [-0.3, -0.25) is 4.79 Å². The summed E-state index contributed by atoms with van der Waals surface area (Å²) < 4.78 is 43.0. The molecule has 4 heterocycles. The highest BCUT2D eigenvalue weighted by atomic mass is 35.5. The molecule has 3 atom stereocenters. The molecule has 0 radical (unpaired) electrons. The Kier molecular flexibility index (Phi) is 5.89. The molecular formula is C19H20ClF3N6O2. The van der Waals surface area contributed by atoms with Crippen molar-refractivity contribution in [3.63, 3.8) is 0 Å². The molecule has 0 saturated carbocycles. The van der Waals surface area contributed by atoms with Gasteiger partial charge in [0.05, 0.1) is 17.0 Å². The first-order valence-corrected chi connectivity index (χ1v) is 9.99. The van der Waals surface area contributed by atoms with Gasteiger partial charge in [0, 0.05) is 44.6 Å². The fourth-order valence-corrected chi connectivity index (χ4v) is 4.04. The summed E-state index contributed by atoms with van der Waals surface area (Å²) in [5.41, 5.74) is 0.861. The number of nitrogens with one attached hydrogen (secondary N) is 2. The summed E-state index contributed by atoms with van der Waals surface area (Å²) in [6.45, 7) is -0.534. The number of anilines is 2. The second-order valence-corrected chi connectivity index (χ2v) is 7.83. The van der Waals surface area contributed by atoms with Crippen molar-refractivity contribution in [3.8, 4) is 0 Å². The molecule has 2 unspecified atom stereocenters.